The van der Waals surface area contributed by atoms with Crippen molar-refractivity contribution in [2.45, 2.75) is 6.18 Å². The minimum Gasteiger partial charge on any atom is -0.366 e. The summed E-state index contributed by atoms with van der Waals surface area (Å²) in [4.78, 5) is 18.0. The molecule has 2 aromatic heterocycles. The van der Waals surface area contributed by atoms with Gasteiger partial charge < -0.3 is 10.6 Å². The normalized spacial score (nSPS) is 14.9. The Balaban J connectivity index is 1.68. The molecule has 0 atom stereocenters. The molecule has 3 heterocycles. The van der Waals surface area contributed by atoms with Gasteiger partial charge in [0.25, 0.3) is 0 Å². The van der Waals surface area contributed by atoms with Crippen molar-refractivity contribution in [3.63, 3.8) is 0 Å². The van der Waals surface area contributed by atoms with Crippen LogP contribution in [0.5, 0.6) is 0 Å². The Bertz CT molecular complexity index is 1060. The van der Waals surface area contributed by atoms with Crippen LogP contribution in [0.3, 0.4) is 0 Å². The molecule has 5 nitrogen and oxygen atoms in total. The minimum absolute atomic E-state index is 0.0209. The first-order valence-corrected chi connectivity index (χ1v) is 8.64. The second-order valence-electron chi connectivity index (χ2n) is 6.78. The second kappa shape index (κ2) is 6.40. The zero-order chi connectivity index (χ0) is 20.1. The quantitative estimate of drug-likeness (QED) is 0.698. The maximum Gasteiger partial charge on any atom is 0.416 e. The number of hydrogen-bond acceptors (Lipinski definition) is 3. The Morgan fingerprint density at radius 2 is 1.82 bits per heavy atom. The Hall–Kier alpha value is -3.29. The molecule has 1 saturated heterocycles. The van der Waals surface area contributed by atoms with E-state index < -0.39 is 17.6 Å². The number of rotatable bonds is 4. The van der Waals surface area contributed by atoms with Crippen molar-refractivity contribution < 1.29 is 18.0 Å². The van der Waals surface area contributed by atoms with Gasteiger partial charge in [0.05, 0.1) is 11.1 Å². The van der Waals surface area contributed by atoms with Gasteiger partial charge in [-0.2, -0.15) is 13.2 Å². The molecular weight excluding hydrogens is 369 g/mol. The monoisotopic (exact) mass is 386 g/mol. The number of aromatic nitrogens is 2. The number of alkyl halides is 3. The van der Waals surface area contributed by atoms with Crippen LogP contribution in [0.15, 0.2) is 60.8 Å². The van der Waals surface area contributed by atoms with Crippen LogP contribution in [-0.4, -0.2) is 28.4 Å². The first kappa shape index (κ1) is 18.1. The summed E-state index contributed by atoms with van der Waals surface area (Å²) in [6, 6.07) is 10.5. The molecule has 0 radical (unpaired) electrons. The van der Waals surface area contributed by atoms with Crippen LogP contribution in [0.4, 0.5) is 19.0 Å². The number of primary amides is 1. The highest BCUT2D eigenvalue weighted by Crippen LogP contribution is 2.35. The first-order chi connectivity index (χ1) is 13.3. The first-order valence-electron chi connectivity index (χ1n) is 8.64. The number of hydrogen-bond donors (Lipinski definition) is 1. The number of carbonyl (C=O) groups is 1. The summed E-state index contributed by atoms with van der Waals surface area (Å²) in [6.45, 7) is 4.86. The molecule has 2 N–H and O–H groups in total. The number of halogens is 3. The van der Waals surface area contributed by atoms with E-state index in [1.54, 1.807) is 0 Å². The lowest BCUT2D eigenvalue weighted by atomic mass is 9.92. The Morgan fingerprint density at radius 1 is 1.14 bits per heavy atom. The molecule has 1 aliphatic rings. The highest BCUT2D eigenvalue weighted by atomic mass is 19.4. The van der Waals surface area contributed by atoms with Gasteiger partial charge in [0.1, 0.15) is 5.82 Å². The van der Waals surface area contributed by atoms with Crippen molar-refractivity contribution in [2.24, 2.45) is 11.7 Å². The van der Waals surface area contributed by atoms with Gasteiger partial charge in [-0.25, -0.2) is 4.98 Å². The van der Waals surface area contributed by atoms with Crippen molar-refractivity contribution in [1.82, 2.24) is 9.38 Å². The number of carbonyl (C=O) groups excluding carboxylic acids is 1. The van der Waals surface area contributed by atoms with Crippen LogP contribution in [0.2, 0.25) is 0 Å². The minimum atomic E-state index is -4.38. The number of benzene rings is 1. The smallest absolute Gasteiger partial charge is 0.366 e. The topological polar surface area (TPSA) is 63.6 Å². The summed E-state index contributed by atoms with van der Waals surface area (Å²) in [5.74, 6) is 0.734. The number of fused-ring (bicyclic) bond motifs is 1. The highest BCUT2D eigenvalue weighted by Gasteiger charge is 2.34. The molecule has 1 aromatic carbocycles. The van der Waals surface area contributed by atoms with Crippen LogP contribution in [0, 0.1) is 5.92 Å². The molecule has 8 heteroatoms. The van der Waals surface area contributed by atoms with Crippen LogP contribution in [-0.2, 0) is 11.0 Å². The SMILES string of the molecule is C=C(C(N)=O)C1CN(c2nc(-c3ccc(C(F)(F)F)cc3)n3ccccc23)C1. The molecule has 28 heavy (non-hydrogen) atoms. The molecule has 0 aliphatic carbocycles. The Kier molecular flexibility index (Phi) is 4.14. The fourth-order valence-corrected chi connectivity index (χ4v) is 3.34. The standard InChI is InChI=1S/C20H17F3N4O/c1-12(17(24)28)14-10-26(11-14)19-16-4-2-3-9-27(16)18(25-19)13-5-7-15(8-6-13)20(21,22)23/h2-9,14H,1,10-11H2,(H2,24,28). The van der Waals surface area contributed by atoms with Crippen molar-refractivity contribution in [3.8, 4) is 11.4 Å². The molecule has 1 amide bonds. The molecule has 4 rings (SSSR count). The summed E-state index contributed by atoms with van der Waals surface area (Å²) >= 11 is 0. The summed E-state index contributed by atoms with van der Waals surface area (Å²) in [5, 5.41) is 0. The van der Waals surface area contributed by atoms with E-state index in [1.807, 2.05) is 33.7 Å². The number of amides is 1. The number of nitrogens with two attached hydrogens (primary N) is 1. The van der Waals surface area contributed by atoms with Crippen molar-refractivity contribution in [3.05, 3.63) is 66.4 Å². The summed E-state index contributed by atoms with van der Waals surface area (Å²) in [7, 11) is 0. The van der Waals surface area contributed by atoms with Gasteiger partial charge in [-0.15, -0.1) is 0 Å². The molecule has 144 valence electrons. The van der Waals surface area contributed by atoms with Crippen LogP contribution in [0.1, 0.15) is 5.56 Å². The maximum absolute atomic E-state index is 12.8. The lowest BCUT2D eigenvalue weighted by molar-refractivity contribution is -0.137. The largest absolute Gasteiger partial charge is 0.416 e. The molecule has 0 unspecified atom stereocenters. The van der Waals surface area contributed by atoms with E-state index in [4.69, 9.17) is 5.73 Å². The number of pyridine rings is 1. The zero-order valence-corrected chi connectivity index (χ0v) is 14.8. The lowest BCUT2D eigenvalue weighted by Crippen LogP contribution is -2.49. The molecule has 1 fully saturated rings. The molecule has 0 saturated carbocycles. The van der Waals surface area contributed by atoms with E-state index in [1.165, 1.54) is 12.1 Å². The van der Waals surface area contributed by atoms with Gasteiger partial charge >= 0.3 is 6.18 Å². The fraction of sp³-hybridized carbons (Fsp3) is 0.200. The third kappa shape index (κ3) is 3.00. The molecule has 1 aliphatic heterocycles. The number of anilines is 1. The van der Waals surface area contributed by atoms with Gasteiger partial charge in [-0.3, -0.25) is 9.20 Å². The van der Waals surface area contributed by atoms with Crippen LogP contribution in [0.25, 0.3) is 16.9 Å². The third-order valence-electron chi connectivity index (χ3n) is 4.99. The molecular formula is C20H17F3N4O. The predicted octanol–water partition coefficient (Wildman–Crippen LogP) is 3.50. The Labute approximate surface area is 158 Å². The van der Waals surface area contributed by atoms with Crippen molar-refractivity contribution in [2.75, 3.05) is 18.0 Å². The van der Waals surface area contributed by atoms with Gasteiger partial charge in [0.2, 0.25) is 5.91 Å². The number of imidazole rings is 1. The van der Waals surface area contributed by atoms with Gasteiger partial charge in [-0.05, 0) is 24.3 Å². The van der Waals surface area contributed by atoms with Crippen molar-refractivity contribution >= 4 is 17.2 Å². The van der Waals surface area contributed by atoms with E-state index in [0.717, 1.165) is 17.6 Å². The second-order valence-corrected chi connectivity index (χ2v) is 6.78. The average molecular weight is 386 g/mol. The van der Waals surface area contributed by atoms with Crippen molar-refractivity contribution in [1.29, 1.82) is 0 Å². The van der Waals surface area contributed by atoms with Crippen LogP contribution >= 0.6 is 0 Å². The van der Waals surface area contributed by atoms with Gasteiger partial charge in [-0.1, -0.05) is 24.8 Å². The highest BCUT2D eigenvalue weighted by molar-refractivity contribution is 5.92. The van der Waals surface area contributed by atoms with E-state index in [-0.39, 0.29) is 5.92 Å². The van der Waals surface area contributed by atoms with E-state index in [0.29, 0.717) is 35.9 Å². The van der Waals surface area contributed by atoms with Crippen LogP contribution < -0.4 is 10.6 Å². The summed E-state index contributed by atoms with van der Waals surface area (Å²) in [6.07, 6.45) is -2.56. The number of nitrogens with zero attached hydrogens (tertiary/aromatic N) is 3. The summed E-state index contributed by atoms with van der Waals surface area (Å²) < 4.78 is 40.3. The molecule has 0 spiro atoms. The van der Waals surface area contributed by atoms with Gasteiger partial charge in [0.15, 0.2) is 5.82 Å². The molecule has 3 aromatic rings. The lowest BCUT2D eigenvalue weighted by Gasteiger charge is -2.40. The maximum atomic E-state index is 12.8. The Morgan fingerprint density at radius 3 is 2.43 bits per heavy atom. The van der Waals surface area contributed by atoms with E-state index in [9.17, 15) is 18.0 Å². The third-order valence-corrected chi connectivity index (χ3v) is 4.99. The van der Waals surface area contributed by atoms with E-state index in [2.05, 4.69) is 11.6 Å². The summed E-state index contributed by atoms with van der Waals surface area (Å²) in [5.41, 5.74) is 6.39. The average Bonchev–Trinajstić information content (AvgIpc) is 2.99. The zero-order valence-electron chi connectivity index (χ0n) is 14.8. The van der Waals surface area contributed by atoms with Gasteiger partial charge in [0, 0.05) is 36.3 Å². The van der Waals surface area contributed by atoms with E-state index >= 15 is 0 Å². The predicted molar refractivity (Wildman–Crippen MR) is 99.7 cm³/mol. The fourth-order valence-electron chi connectivity index (χ4n) is 3.34. The molecule has 0 bridgehead atoms.